The lowest BCUT2D eigenvalue weighted by atomic mass is 10.2. The summed E-state index contributed by atoms with van der Waals surface area (Å²) < 4.78 is 0. The molecule has 22 heavy (non-hydrogen) atoms. The third kappa shape index (κ3) is 3.07. The van der Waals surface area contributed by atoms with Gasteiger partial charge in [0.25, 0.3) is 0 Å². The number of phenols is 1. The van der Waals surface area contributed by atoms with Crippen molar-refractivity contribution in [2.45, 2.75) is 16.6 Å². The first-order chi connectivity index (χ1) is 10.6. The number of hydrogen-bond acceptors (Lipinski definition) is 4. The molecule has 2 aromatic rings. The normalized spacial score (nSPS) is 16.5. The van der Waals surface area contributed by atoms with Crippen molar-refractivity contribution in [3.63, 3.8) is 0 Å². The fourth-order valence-corrected chi connectivity index (χ4v) is 3.29. The van der Waals surface area contributed by atoms with E-state index >= 15 is 0 Å². The number of anilines is 2. The zero-order valence-electron chi connectivity index (χ0n) is 11.6. The molecule has 0 saturated heterocycles. The summed E-state index contributed by atoms with van der Waals surface area (Å²) in [6.07, 6.45) is 0.0408. The molecule has 112 valence electrons. The van der Waals surface area contributed by atoms with E-state index < -0.39 is 5.25 Å². The molecule has 3 N–H and O–H groups in total. The molecule has 3 rings (SSSR count). The van der Waals surface area contributed by atoms with Crippen molar-refractivity contribution >= 4 is 35.0 Å². The average Bonchev–Trinajstić information content (AvgIpc) is 2.50. The molecule has 6 heteroatoms. The van der Waals surface area contributed by atoms with Crippen LogP contribution in [-0.2, 0) is 9.59 Å². The van der Waals surface area contributed by atoms with Gasteiger partial charge in [0.05, 0.1) is 16.6 Å². The molecule has 1 aliphatic rings. The predicted octanol–water partition coefficient (Wildman–Crippen LogP) is 2.83. The molecule has 0 radical (unpaired) electrons. The molecule has 0 spiro atoms. The standard InChI is InChI=1S/C16H14N2O3S/c19-12-7-3-1-5-10(12)17-15(20)9-14-16(21)18-11-6-2-4-8-13(11)22-14/h1-8,14,19H,9H2,(H,17,20)(H,18,21)/t14-/m0/s1. The summed E-state index contributed by atoms with van der Waals surface area (Å²) in [5.74, 6) is -0.494. The maximum Gasteiger partial charge on any atom is 0.238 e. The number of carbonyl (C=O) groups is 2. The molecule has 2 aromatic carbocycles. The zero-order chi connectivity index (χ0) is 15.5. The van der Waals surface area contributed by atoms with E-state index in [1.807, 2.05) is 24.3 Å². The van der Waals surface area contributed by atoms with Crippen LogP contribution in [-0.4, -0.2) is 22.2 Å². The van der Waals surface area contributed by atoms with Crippen molar-refractivity contribution in [2.24, 2.45) is 0 Å². The number of nitrogens with one attached hydrogen (secondary N) is 2. The van der Waals surface area contributed by atoms with Crippen LogP contribution in [0.5, 0.6) is 5.75 Å². The van der Waals surface area contributed by atoms with E-state index in [9.17, 15) is 14.7 Å². The average molecular weight is 314 g/mol. The van der Waals surface area contributed by atoms with Crippen LogP contribution in [0.4, 0.5) is 11.4 Å². The highest BCUT2D eigenvalue weighted by molar-refractivity contribution is 8.01. The number of hydrogen-bond donors (Lipinski definition) is 3. The Balaban J connectivity index is 1.67. The van der Waals surface area contributed by atoms with Crippen LogP contribution < -0.4 is 10.6 Å². The van der Waals surface area contributed by atoms with Crippen LogP contribution in [0.2, 0.25) is 0 Å². The number of para-hydroxylation sites is 3. The Bertz CT molecular complexity index is 733. The van der Waals surface area contributed by atoms with Gasteiger partial charge in [-0.3, -0.25) is 9.59 Å². The molecule has 2 amide bonds. The quantitative estimate of drug-likeness (QED) is 0.761. The van der Waals surface area contributed by atoms with Crippen LogP contribution in [0.25, 0.3) is 0 Å². The summed E-state index contributed by atoms with van der Waals surface area (Å²) in [6.45, 7) is 0. The molecule has 0 saturated carbocycles. The summed E-state index contributed by atoms with van der Waals surface area (Å²) in [6, 6.07) is 14.0. The van der Waals surface area contributed by atoms with Crippen molar-refractivity contribution in [3.8, 4) is 5.75 Å². The lowest BCUT2D eigenvalue weighted by molar-refractivity contribution is -0.120. The Labute approximate surface area is 131 Å². The van der Waals surface area contributed by atoms with E-state index in [4.69, 9.17) is 0 Å². The summed E-state index contributed by atoms with van der Waals surface area (Å²) in [4.78, 5) is 25.1. The summed E-state index contributed by atoms with van der Waals surface area (Å²) in [5, 5.41) is 14.6. The monoisotopic (exact) mass is 314 g/mol. The first-order valence-electron chi connectivity index (χ1n) is 6.78. The third-order valence-electron chi connectivity index (χ3n) is 3.26. The minimum atomic E-state index is -0.485. The number of fused-ring (bicyclic) bond motifs is 1. The number of thioether (sulfide) groups is 1. The van der Waals surface area contributed by atoms with Gasteiger partial charge in [0, 0.05) is 11.3 Å². The van der Waals surface area contributed by atoms with Gasteiger partial charge in [0.1, 0.15) is 5.75 Å². The fourth-order valence-electron chi connectivity index (χ4n) is 2.18. The minimum Gasteiger partial charge on any atom is -0.506 e. The van der Waals surface area contributed by atoms with E-state index in [2.05, 4.69) is 10.6 Å². The zero-order valence-corrected chi connectivity index (χ0v) is 12.4. The molecular weight excluding hydrogens is 300 g/mol. The molecule has 0 bridgehead atoms. The van der Waals surface area contributed by atoms with Gasteiger partial charge in [-0.05, 0) is 24.3 Å². The van der Waals surface area contributed by atoms with Gasteiger partial charge in [-0.15, -0.1) is 11.8 Å². The van der Waals surface area contributed by atoms with Gasteiger partial charge in [0.2, 0.25) is 11.8 Å². The first kappa shape index (κ1) is 14.5. The Morgan fingerprint density at radius 1 is 1.18 bits per heavy atom. The van der Waals surface area contributed by atoms with Gasteiger partial charge in [-0.2, -0.15) is 0 Å². The highest BCUT2D eigenvalue weighted by Gasteiger charge is 2.28. The van der Waals surface area contributed by atoms with Gasteiger partial charge < -0.3 is 15.7 Å². The van der Waals surface area contributed by atoms with Crippen molar-refractivity contribution < 1.29 is 14.7 Å². The maximum atomic E-state index is 12.1. The molecular formula is C16H14N2O3S. The SMILES string of the molecule is O=C(C[C@@H]1Sc2ccccc2NC1=O)Nc1ccccc1O. The molecule has 5 nitrogen and oxygen atoms in total. The number of rotatable bonds is 3. The van der Waals surface area contributed by atoms with Crippen LogP contribution in [0, 0.1) is 0 Å². The van der Waals surface area contributed by atoms with Crippen LogP contribution in [0.1, 0.15) is 6.42 Å². The lowest BCUT2D eigenvalue weighted by Gasteiger charge is -2.23. The van der Waals surface area contributed by atoms with Gasteiger partial charge >= 0.3 is 0 Å². The minimum absolute atomic E-state index is 0.00180. The largest absolute Gasteiger partial charge is 0.506 e. The topological polar surface area (TPSA) is 78.4 Å². The van der Waals surface area contributed by atoms with Crippen LogP contribution in [0.3, 0.4) is 0 Å². The van der Waals surface area contributed by atoms with Crippen LogP contribution >= 0.6 is 11.8 Å². The fraction of sp³-hybridized carbons (Fsp3) is 0.125. The van der Waals surface area contributed by atoms with Crippen molar-refractivity contribution in [1.82, 2.24) is 0 Å². The van der Waals surface area contributed by atoms with Crippen molar-refractivity contribution in [1.29, 1.82) is 0 Å². The summed E-state index contributed by atoms with van der Waals surface area (Å²) >= 11 is 1.37. The summed E-state index contributed by atoms with van der Waals surface area (Å²) in [7, 11) is 0. The Kier molecular flexibility index (Phi) is 4.02. The second-order valence-corrected chi connectivity index (χ2v) is 6.11. The number of carbonyl (C=O) groups excluding carboxylic acids is 2. The van der Waals surface area contributed by atoms with E-state index in [-0.39, 0.29) is 24.0 Å². The summed E-state index contributed by atoms with van der Waals surface area (Å²) in [5.41, 5.74) is 1.11. The Hall–Kier alpha value is -2.47. The first-order valence-corrected chi connectivity index (χ1v) is 7.66. The third-order valence-corrected chi connectivity index (χ3v) is 4.53. The highest BCUT2D eigenvalue weighted by atomic mass is 32.2. The van der Waals surface area contributed by atoms with Gasteiger partial charge in [-0.25, -0.2) is 0 Å². The molecule has 1 atom stereocenters. The second kappa shape index (κ2) is 6.11. The smallest absolute Gasteiger partial charge is 0.238 e. The van der Waals surface area contributed by atoms with E-state index in [1.165, 1.54) is 17.8 Å². The molecule has 0 fully saturated rings. The Morgan fingerprint density at radius 2 is 1.91 bits per heavy atom. The maximum absolute atomic E-state index is 12.1. The molecule has 1 heterocycles. The number of amides is 2. The predicted molar refractivity (Wildman–Crippen MR) is 86.1 cm³/mol. The number of aromatic hydroxyl groups is 1. The molecule has 0 aromatic heterocycles. The van der Waals surface area contributed by atoms with Gasteiger partial charge in [-0.1, -0.05) is 24.3 Å². The molecule has 1 aliphatic heterocycles. The van der Waals surface area contributed by atoms with E-state index in [1.54, 1.807) is 18.2 Å². The molecule has 0 aliphatic carbocycles. The van der Waals surface area contributed by atoms with Crippen LogP contribution in [0.15, 0.2) is 53.4 Å². The Morgan fingerprint density at radius 3 is 2.73 bits per heavy atom. The number of phenolic OH excluding ortho intramolecular Hbond substituents is 1. The van der Waals surface area contributed by atoms with Gasteiger partial charge in [0.15, 0.2) is 0 Å². The van der Waals surface area contributed by atoms with Crippen molar-refractivity contribution in [2.75, 3.05) is 10.6 Å². The highest BCUT2D eigenvalue weighted by Crippen LogP contribution is 2.36. The van der Waals surface area contributed by atoms with E-state index in [0.29, 0.717) is 5.69 Å². The lowest BCUT2D eigenvalue weighted by Crippen LogP contribution is -2.32. The second-order valence-electron chi connectivity index (χ2n) is 4.86. The number of benzene rings is 2. The molecule has 0 unspecified atom stereocenters. The van der Waals surface area contributed by atoms with E-state index in [0.717, 1.165) is 10.6 Å². The van der Waals surface area contributed by atoms with Crippen molar-refractivity contribution in [3.05, 3.63) is 48.5 Å².